The first-order chi connectivity index (χ1) is 9.66. The standard InChI is InChI=1S/C15H25N3O3/c1-14(2,3)21-13(20)18-11-7-6-8-15(18,9-11)12(19)16-10-17(4)5/h10-11H,6-9H2,1-5H3/b16-10+. The number of piperidine rings is 1. The monoisotopic (exact) mass is 295 g/mol. The van der Waals surface area contributed by atoms with E-state index in [1.807, 2.05) is 34.9 Å². The predicted octanol–water partition coefficient (Wildman–Crippen LogP) is 2.03. The van der Waals surface area contributed by atoms with E-state index in [-0.39, 0.29) is 11.9 Å². The lowest BCUT2D eigenvalue weighted by Crippen LogP contribution is -2.73. The van der Waals surface area contributed by atoms with E-state index in [1.54, 1.807) is 9.80 Å². The average molecular weight is 295 g/mol. The van der Waals surface area contributed by atoms with E-state index in [0.717, 1.165) is 12.8 Å². The molecule has 21 heavy (non-hydrogen) atoms. The molecule has 3 fully saturated rings. The molecule has 0 aromatic heterocycles. The van der Waals surface area contributed by atoms with Gasteiger partial charge >= 0.3 is 6.09 Å². The third-order valence-electron chi connectivity index (χ3n) is 3.92. The van der Waals surface area contributed by atoms with Gasteiger partial charge in [-0.2, -0.15) is 0 Å². The van der Waals surface area contributed by atoms with Gasteiger partial charge in [0.2, 0.25) is 0 Å². The van der Waals surface area contributed by atoms with Crippen LogP contribution in [-0.2, 0) is 9.53 Å². The molecule has 2 aliphatic heterocycles. The number of nitrogens with zero attached hydrogens (tertiary/aromatic N) is 3. The molecule has 3 rings (SSSR count). The number of aliphatic imine (C=N–C) groups is 1. The number of hydrogen-bond acceptors (Lipinski definition) is 3. The highest BCUT2D eigenvalue weighted by Crippen LogP contribution is 2.48. The second-order valence-electron chi connectivity index (χ2n) is 7.15. The molecule has 118 valence electrons. The number of hydrogen-bond donors (Lipinski definition) is 0. The van der Waals surface area contributed by atoms with Crippen molar-refractivity contribution in [3.8, 4) is 0 Å². The van der Waals surface area contributed by atoms with Gasteiger partial charge in [-0.1, -0.05) is 0 Å². The van der Waals surface area contributed by atoms with Gasteiger partial charge in [-0.15, -0.1) is 0 Å². The Balaban J connectivity index is 2.17. The number of carbonyl (C=O) groups is 2. The van der Waals surface area contributed by atoms with Gasteiger partial charge in [-0.3, -0.25) is 9.69 Å². The molecule has 2 bridgehead atoms. The fourth-order valence-electron chi connectivity index (χ4n) is 3.12. The molecule has 2 amide bonds. The maximum absolute atomic E-state index is 12.5. The minimum Gasteiger partial charge on any atom is -0.444 e. The van der Waals surface area contributed by atoms with Gasteiger partial charge in [0.15, 0.2) is 0 Å². The summed E-state index contributed by atoms with van der Waals surface area (Å²) in [7, 11) is 3.62. The van der Waals surface area contributed by atoms with Crippen LogP contribution in [0.1, 0.15) is 46.5 Å². The number of amides is 2. The smallest absolute Gasteiger partial charge is 0.411 e. The van der Waals surface area contributed by atoms with Gasteiger partial charge < -0.3 is 9.64 Å². The molecule has 0 aromatic carbocycles. The van der Waals surface area contributed by atoms with Crippen LogP contribution >= 0.6 is 0 Å². The average Bonchev–Trinajstić information content (AvgIpc) is 2.33. The molecule has 1 aliphatic carbocycles. The lowest BCUT2D eigenvalue weighted by atomic mass is 9.68. The molecule has 6 nitrogen and oxygen atoms in total. The van der Waals surface area contributed by atoms with Gasteiger partial charge in [-0.25, -0.2) is 9.79 Å². The van der Waals surface area contributed by atoms with Gasteiger partial charge in [0.1, 0.15) is 11.1 Å². The molecule has 2 atom stereocenters. The molecule has 0 aromatic rings. The minimum absolute atomic E-state index is 0.118. The Labute approximate surface area is 126 Å². The molecule has 0 spiro atoms. The normalized spacial score (nSPS) is 28.2. The van der Waals surface area contributed by atoms with Crippen LogP contribution in [0.15, 0.2) is 4.99 Å². The van der Waals surface area contributed by atoms with Crippen LogP contribution in [0.25, 0.3) is 0 Å². The van der Waals surface area contributed by atoms with E-state index in [9.17, 15) is 9.59 Å². The van der Waals surface area contributed by atoms with Gasteiger partial charge in [0.05, 0.1) is 6.34 Å². The van der Waals surface area contributed by atoms with Gasteiger partial charge in [-0.05, 0) is 40.0 Å². The topological polar surface area (TPSA) is 62.2 Å². The fraction of sp³-hybridized carbons (Fsp3) is 0.800. The summed E-state index contributed by atoms with van der Waals surface area (Å²) in [6.45, 7) is 5.50. The third-order valence-corrected chi connectivity index (χ3v) is 3.92. The largest absolute Gasteiger partial charge is 0.444 e. The highest BCUT2D eigenvalue weighted by atomic mass is 16.6. The van der Waals surface area contributed by atoms with Gasteiger partial charge in [0, 0.05) is 26.6 Å². The maximum Gasteiger partial charge on any atom is 0.411 e. The summed E-state index contributed by atoms with van der Waals surface area (Å²) in [5.74, 6) is -0.238. The Hall–Kier alpha value is -1.59. The number of carbonyl (C=O) groups excluding carboxylic acids is 2. The number of fused-ring (bicyclic) bond motifs is 2. The zero-order valence-electron chi connectivity index (χ0n) is 13.5. The van der Waals surface area contributed by atoms with Crippen molar-refractivity contribution in [2.24, 2.45) is 4.99 Å². The molecule has 2 unspecified atom stereocenters. The molecule has 0 N–H and O–H groups in total. The van der Waals surface area contributed by atoms with Crippen molar-refractivity contribution in [2.75, 3.05) is 14.1 Å². The SMILES string of the molecule is CN(C)/C=N/C(=O)C12CCCC(C1)N2C(=O)OC(C)(C)C. The van der Waals surface area contributed by atoms with Crippen LogP contribution in [0.3, 0.4) is 0 Å². The van der Waals surface area contributed by atoms with E-state index in [0.29, 0.717) is 12.8 Å². The van der Waals surface area contributed by atoms with Gasteiger partial charge in [0.25, 0.3) is 5.91 Å². The summed E-state index contributed by atoms with van der Waals surface area (Å²) in [6.07, 6.45) is 4.36. The lowest BCUT2D eigenvalue weighted by Gasteiger charge is -2.59. The van der Waals surface area contributed by atoms with Crippen LogP contribution < -0.4 is 0 Å². The van der Waals surface area contributed by atoms with Crippen LogP contribution in [-0.4, -0.2) is 59.4 Å². The summed E-state index contributed by atoms with van der Waals surface area (Å²) in [6, 6.07) is 0.118. The summed E-state index contributed by atoms with van der Waals surface area (Å²) in [5, 5.41) is 0. The van der Waals surface area contributed by atoms with E-state index >= 15 is 0 Å². The second kappa shape index (κ2) is 5.31. The Morgan fingerprint density at radius 2 is 2.05 bits per heavy atom. The Morgan fingerprint density at radius 1 is 1.38 bits per heavy atom. The first-order valence-electron chi connectivity index (χ1n) is 7.43. The summed E-state index contributed by atoms with van der Waals surface area (Å²) in [5.41, 5.74) is -1.34. The zero-order valence-corrected chi connectivity index (χ0v) is 13.5. The summed E-state index contributed by atoms with van der Waals surface area (Å²) >= 11 is 0. The Bertz CT molecular complexity index is 463. The zero-order chi connectivity index (χ0) is 15.8. The fourth-order valence-corrected chi connectivity index (χ4v) is 3.12. The number of ether oxygens (including phenoxy) is 1. The lowest BCUT2D eigenvalue weighted by molar-refractivity contribution is -0.154. The van der Waals surface area contributed by atoms with E-state index < -0.39 is 17.2 Å². The summed E-state index contributed by atoms with van der Waals surface area (Å²) in [4.78, 5) is 32.2. The van der Waals surface area contributed by atoms with Crippen LogP contribution in [0, 0.1) is 0 Å². The maximum atomic E-state index is 12.5. The van der Waals surface area contributed by atoms with Crippen molar-refractivity contribution in [3.05, 3.63) is 0 Å². The molecule has 2 heterocycles. The quantitative estimate of drug-likeness (QED) is 0.577. The summed E-state index contributed by atoms with van der Waals surface area (Å²) < 4.78 is 5.45. The molecule has 3 aliphatic rings. The van der Waals surface area contributed by atoms with Crippen LogP contribution in [0.5, 0.6) is 0 Å². The second-order valence-corrected chi connectivity index (χ2v) is 7.15. The molecule has 2 saturated heterocycles. The van der Waals surface area contributed by atoms with Crippen molar-refractivity contribution in [3.63, 3.8) is 0 Å². The highest BCUT2D eigenvalue weighted by Gasteiger charge is 2.61. The Kier molecular flexibility index (Phi) is 4.00. The van der Waals surface area contributed by atoms with E-state index in [2.05, 4.69) is 4.99 Å². The first-order valence-corrected chi connectivity index (χ1v) is 7.43. The predicted molar refractivity (Wildman–Crippen MR) is 80.2 cm³/mol. The van der Waals surface area contributed by atoms with E-state index in [1.165, 1.54) is 6.34 Å². The highest BCUT2D eigenvalue weighted by molar-refractivity contribution is 5.96. The molecular formula is C15H25N3O3. The minimum atomic E-state index is -0.780. The van der Waals surface area contributed by atoms with Crippen LogP contribution in [0.4, 0.5) is 4.79 Å². The third kappa shape index (κ3) is 3.04. The molecule has 1 saturated carbocycles. The van der Waals surface area contributed by atoms with Crippen molar-refractivity contribution < 1.29 is 14.3 Å². The number of rotatable bonds is 2. The molecular weight excluding hydrogens is 270 g/mol. The van der Waals surface area contributed by atoms with Crippen molar-refractivity contribution in [2.45, 2.75) is 63.6 Å². The van der Waals surface area contributed by atoms with Crippen LogP contribution in [0.2, 0.25) is 0 Å². The van der Waals surface area contributed by atoms with E-state index in [4.69, 9.17) is 4.74 Å². The van der Waals surface area contributed by atoms with Crippen molar-refractivity contribution in [1.29, 1.82) is 0 Å². The van der Waals surface area contributed by atoms with Crippen molar-refractivity contribution >= 4 is 18.3 Å². The molecule has 0 radical (unpaired) electrons. The first kappa shape index (κ1) is 15.8. The Morgan fingerprint density at radius 3 is 2.57 bits per heavy atom. The van der Waals surface area contributed by atoms with Crippen molar-refractivity contribution in [1.82, 2.24) is 9.80 Å². The molecule has 6 heteroatoms.